The summed E-state index contributed by atoms with van der Waals surface area (Å²) in [5.74, 6) is -1.31. The van der Waals surface area contributed by atoms with Crippen LogP contribution in [0, 0.1) is 0 Å². The maximum Gasteiger partial charge on any atom is 0.373 e. The number of hydrogen-bond acceptors (Lipinski definition) is 6. The average Bonchev–Trinajstić information content (AvgIpc) is 2.55. The van der Waals surface area contributed by atoms with E-state index in [2.05, 4.69) is 9.78 Å². The van der Waals surface area contributed by atoms with Gasteiger partial charge in [0.25, 0.3) is 0 Å². The molecule has 0 saturated carbocycles. The van der Waals surface area contributed by atoms with Crippen LogP contribution in [0.5, 0.6) is 0 Å². The molecule has 0 aliphatic rings. The Morgan fingerprint density at radius 1 is 0.864 bits per heavy atom. The highest BCUT2D eigenvalue weighted by Gasteiger charge is 2.14. The van der Waals surface area contributed by atoms with E-state index in [1.54, 1.807) is 6.07 Å². The van der Waals surface area contributed by atoms with Gasteiger partial charge < -0.3 is 0 Å². The molecule has 0 radical (unpaired) electrons. The topological polar surface area (TPSA) is 71.1 Å². The van der Waals surface area contributed by atoms with Crippen molar-refractivity contribution in [3.8, 4) is 0 Å². The zero-order chi connectivity index (χ0) is 16.2. The predicted octanol–water partition coefficient (Wildman–Crippen LogP) is 3.46. The van der Waals surface area contributed by atoms with Gasteiger partial charge in [0.15, 0.2) is 0 Å². The van der Waals surface area contributed by atoms with Gasteiger partial charge in [0.2, 0.25) is 0 Å². The molecule has 0 fully saturated rings. The first-order valence-corrected chi connectivity index (χ1v) is 7.46. The average molecular weight is 310 g/mol. The van der Waals surface area contributed by atoms with Crippen LogP contribution in [0.4, 0.5) is 0 Å². The van der Waals surface area contributed by atoms with Gasteiger partial charge in [-0.2, -0.15) is 9.78 Å². The van der Waals surface area contributed by atoms with E-state index in [9.17, 15) is 9.59 Å². The molecule has 0 amide bonds. The summed E-state index contributed by atoms with van der Waals surface area (Å²) in [6, 6.07) is 5.99. The second-order valence-corrected chi connectivity index (χ2v) is 4.67. The van der Waals surface area contributed by atoms with Crippen LogP contribution in [0.25, 0.3) is 0 Å². The number of hydrogen-bond donors (Lipinski definition) is 0. The van der Waals surface area contributed by atoms with Crippen LogP contribution in [0.1, 0.15) is 60.2 Å². The Hall–Kier alpha value is -1.92. The molecule has 0 bridgehead atoms. The monoisotopic (exact) mass is 310 g/mol. The predicted molar refractivity (Wildman–Crippen MR) is 79.0 cm³/mol. The lowest BCUT2D eigenvalue weighted by molar-refractivity contribution is -0.241. The largest absolute Gasteiger partial charge is 0.373 e. The molecular weight excluding hydrogens is 288 g/mol. The van der Waals surface area contributed by atoms with Crippen molar-refractivity contribution in [2.75, 3.05) is 13.2 Å². The highest BCUT2D eigenvalue weighted by atomic mass is 17.2. The molecule has 6 nitrogen and oxygen atoms in total. The summed E-state index contributed by atoms with van der Waals surface area (Å²) in [5, 5.41) is 0. The van der Waals surface area contributed by atoms with Crippen molar-refractivity contribution in [1.29, 1.82) is 0 Å². The zero-order valence-corrected chi connectivity index (χ0v) is 13.0. The van der Waals surface area contributed by atoms with Gasteiger partial charge in [-0.1, -0.05) is 32.8 Å². The van der Waals surface area contributed by atoms with E-state index in [-0.39, 0.29) is 11.1 Å². The molecule has 1 aromatic carbocycles. The van der Waals surface area contributed by atoms with E-state index in [4.69, 9.17) is 9.78 Å². The van der Waals surface area contributed by atoms with Crippen molar-refractivity contribution >= 4 is 11.9 Å². The molecule has 0 saturated heterocycles. The van der Waals surface area contributed by atoms with Crippen LogP contribution < -0.4 is 0 Å². The Labute approximate surface area is 130 Å². The molecule has 122 valence electrons. The summed E-state index contributed by atoms with van der Waals surface area (Å²) in [6.45, 7) is 4.69. The van der Waals surface area contributed by atoms with Crippen LogP contribution in [0.3, 0.4) is 0 Å². The summed E-state index contributed by atoms with van der Waals surface area (Å²) in [4.78, 5) is 42.4. The van der Waals surface area contributed by atoms with Crippen molar-refractivity contribution in [1.82, 2.24) is 0 Å². The Balaban J connectivity index is 2.50. The fourth-order valence-corrected chi connectivity index (χ4v) is 1.47. The minimum atomic E-state index is -0.655. The normalized spacial score (nSPS) is 10.3. The summed E-state index contributed by atoms with van der Waals surface area (Å²) in [6.07, 6.45) is 3.48. The minimum Gasteiger partial charge on any atom is -0.293 e. The molecule has 22 heavy (non-hydrogen) atoms. The molecule has 0 heterocycles. The third-order valence-corrected chi connectivity index (χ3v) is 2.77. The van der Waals surface area contributed by atoms with Crippen LogP contribution in [-0.4, -0.2) is 25.2 Å². The fourth-order valence-electron chi connectivity index (χ4n) is 1.47. The molecule has 1 rings (SSSR count). The van der Waals surface area contributed by atoms with Gasteiger partial charge in [-0.05, 0) is 31.0 Å². The standard InChI is InChI=1S/C16H22O6/c1-3-5-10-19-21-15(17)13-8-7-9-14(12-13)16(18)22-20-11-6-4-2/h7-9,12H,3-6,10-11H2,1-2H3. The highest BCUT2D eigenvalue weighted by molar-refractivity contribution is 5.94. The van der Waals surface area contributed by atoms with E-state index in [0.29, 0.717) is 13.2 Å². The van der Waals surface area contributed by atoms with Crippen molar-refractivity contribution in [2.24, 2.45) is 0 Å². The smallest absolute Gasteiger partial charge is 0.293 e. The second kappa shape index (κ2) is 10.8. The maximum absolute atomic E-state index is 11.8. The number of unbranched alkanes of at least 4 members (excludes halogenated alkanes) is 2. The molecule has 0 N–H and O–H groups in total. The molecule has 0 spiro atoms. The summed E-state index contributed by atoms with van der Waals surface area (Å²) in [5.41, 5.74) is 0.416. The van der Waals surface area contributed by atoms with E-state index in [1.165, 1.54) is 18.2 Å². The molecule has 0 aromatic heterocycles. The second-order valence-electron chi connectivity index (χ2n) is 4.67. The quantitative estimate of drug-likeness (QED) is 0.374. The van der Waals surface area contributed by atoms with E-state index in [0.717, 1.165) is 25.7 Å². The van der Waals surface area contributed by atoms with Gasteiger partial charge >= 0.3 is 11.9 Å². The van der Waals surface area contributed by atoms with Crippen LogP contribution in [0.15, 0.2) is 24.3 Å². The Morgan fingerprint density at radius 3 is 1.73 bits per heavy atom. The summed E-state index contributed by atoms with van der Waals surface area (Å²) >= 11 is 0. The molecule has 0 atom stereocenters. The van der Waals surface area contributed by atoms with E-state index in [1.807, 2.05) is 13.8 Å². The van der Waals surface area contributed by atoms with Gasteiger partial charge in [-0.3, -0.25) is 9.78 Å². The number of benzene rings is 1. The van der Waals surface area contributed by atoms with Gasteiger partial charge in [0.05, 0.1) is 24.3 Å². The lowest BCUT2D eigenvalue weighted by Gasteiger charge is -2.05. The van der Waals surface area contributed by atoms with Crippen molar-refractivity contribution < 1.29 is 29.1 Å². The Morgan fingerprint density at radius 2 is 1.32 bits per heavy atom. The van der Waals surface area contributed by atoms with Gasteiger partial charge in [-0.15, -0.1) is 0 Å². The molecule has 0 unspecified atom stereocenters. The lowest BCUT2D eigenvalue weighted by Crippen LogP contribution is -2.10. The van der Waals surface area contributed by atoms with E-state index >= 15 is 0 Å². The first kappa shape index (κ1) is 18.1. The van der Waals surface area contributed by atoms with Crippen LogP contribution >= 0.6 is 0 Å². The first-order valence-electron chi connectivity index (χ1n) is 7.46. The molecule has 1 aromatic rings. The number of carbonyl (C=O) groups excluding carboxylic acids is 2. The summed E-state index contributed by atoms with van der Waals surface area (Å²) < 4.78 is 0. The fraction of sp³-hybridized carbons (Fsp3) is 0.500. The minimum absolute atomic E-state index is 0.208. The molecular formula is C16H22O6. The lowest BCUT2D eigenvalue weighted by atomic mass is 10.1. The molecule has 0 aliphatic heterocycles. The molecule has 6 heteroatoms. The zero-order valence-electron chi connectivity index (χ0n) is 13.0. The Kier molecular flexibility index (Phi) is 8.86. The van der Waals surface area contributed by atoms with Gasteiger partial charge in [0, 0.05) is 0 Å². The number of carbonyl (C=O) groups is 2. The van der Waals surface area contributed by atoms with Crippen LogP contribution in [-0.2, 0) is 19.6 Å². The third kappa shape index (κ3) is 6.69. The Bertz CT molecular complexity index is 432. The van der Waals surface area contributed by atoms with E-state index < -0.39 is 11.9 Å². The van der Waals surface area contributed by atoms with Crippen molar-refractivity contribution in [3.05, 3.63) is 35.4 Å². The number of rotatable bonds is 10. The van der Waals surface area contributed by atoms with Crippen molar-refractivity contribution in [2.45, 2.75) is 39.5 Å². The first-order chi connectivity index (χ1) is 10.7. The summed E-state index contributed by atoms with van der Waals surface area (Å²) in [7, 11) is 0. The van der Waals surface area contributed by atoms with Gasteiger partial charge in [-0.25, -0.2) is 9.59 Å². The molecule has 0 aliphatic carbocycles. The SMILES string of the molecule is CCCCOOC(=O)c1cccc(C(=O)OOCCCC)c1. The van der Waals surface area contributed by atoms with Crippen molar-refractivity contribution in [3.63, 3.8) is 0 Å². The van der Waals surface area contributed by atoms with Gasteiger partial charge in [0.1, 0.15) is 0 Å². The van der Waals surface area contributed by atoms with Crippen LogP contribution in [0.2, 0.25) is 0 Å². The third-order valence-electron chi connectivity index (χ3n) is 2.77. The maximum atomic E-state index is 11.8. The highest BCUT2D eigenvalue weighted by Crippen LogP contribution is 2.09.